The Morgan fingerprint density at radius 1 is 1.44 bits per heavy atom. The van der Waals surface area contributed by atoms with Crippen LogP contribution in [-0.4, -0.2) is 48.4 Å². The number of piperazine rings is 1. The van der Waals surface area contributed by atoms with Gasteiger partial charge in [-0.05, 0) is 32.2 Å². The lowest BCUT2D eigenvalue weighted by atomic mass is 10.1. The first kappa shape index (κ1) is 13.7. The monoisotopic (exact) mass is 284 g/mol. The average molecular weight is 285 g/mol. The Kier molecular flexibility index (Phi) is 4.20. The van der Waals surface area contributed by atoms with Crippen molar-refractivity contribution in [3.05, 3.63) is 28.8 Å². The molecule has 1 saturated heterocycles. The number of benzene rings is 1. The van der Waals surface area contributed by atoms with Gasteiger partial charge in [0.15, 0.2) is 0 Å². The fourth-order valence-electron chi connectivity index (χ4n) is 2.27. The summed E-state index contributed by atoms with van der Waals surface area (Å²) in [5, 5.41) is 0.490. The zero-order valence-electron chi connectivity index (χ0n) is 10.6. The van der Waals surface area contributed by atoms with Crippen molar-refractivity contribution in [3.8, 4) is 0 Å². The van der Waals surface area contributed by atoms with Crippen molar-refractivity contribution in [3.63, 3.8) is 0 Å². The topological polar surface area (TPSA) is 23.6 Å². The number of rotatable bonds is 1. The minimum atomic E-state index is -0.00324. The summed E-state index contributed by atoms with van der Waals surface area (Å²) >= 11 is 10.4. The Bertz CT molecular complexity index is 466. The Morgan fingerprint density at radius 3 is 2.83 bits per heavy atom. The van der Waals surface area contributed by atoms with E-state index in [9.17, 15) is 4.79 Å². The quantitative estimate of drug-likeness (QED) is 0.801. The molecule has 0 saturated carbocycles. The lowest BCUT2D eigenvalue weighted by Gasteiger charge is -2.38. The summed E-state index contributed by atoms with van der Waals surface area (Å²) in [4.78, 5) is 17.3. The van der Waals surface area contributed by atoms with Gasteiger partial charge in [-0.25, -0.2) is 0 Å². The average Bonchev–Trinajstić information content (AvgIpc) is 2.31. The van der Waals surface area contributed by atoms with Crippen molar-refractivity contribution >= 4 is 30.1 Å². The van der Waals surface area contributed by atoms with Gasteiger partial charge in [-0.3, -0.25) is 4.79 Å². The number of hydrogen-bond donors (Lipinski definition) is 1. The molecule has 1 aromatic rings. The maximum Gasteiger partial charge on any atom is 0.255 e. The van der Waals surface area contributed by atoms with Gasteiger partial charge in [-0.1, -0.05) is 11.6 Å². The molecule has 98 valence electrons. The van der Waals surface area contributed by atoms with E-state index in [0.717, 1.165) is 24.5 Å². The van der Waals surface area contributed by atoms with E-state index >= 15 is 0 Å². The number of likely N-dealkylation sites (N-methyl/N-ethyl adjacent to an activating group) is 1. The standard InChI is InChI=1S/C13H17ClN2OS/c1-9-8-15(2)5-6-16(9)13(17)11-7-10(18)3-4-12(11)14/h3-4,7,9,18H,5-6,8H2,1-2H3. The molecule has 1 heterocycles. The molecule has 1 atom stereocenters. The van der Waals surface area contributed by atoms with Crippen LogP contribution < -0.4 is 0 Å². The van der Waals surface area contributed by atoms with E-state index in [2.05, 4.69) is 31.5 Å². The zero-order valence-corrected chi connectivity index (χ0v) is 12.2. The van der Waals surface area contributed by atoms with E-state index in [4.69, 9.17) is 11.6 Å². The van der Waals surface area contributed by atoms with Crippen molar-refractivity contribution < 1.29 is 4.79 Å². The number of thiol groups is 1. The van der Waals surface area contributed by atoms with Crippen LogP contribution in [0.5, 0.6) is 0 Å². The molecule has 1 amide bonds. The first-order valence-corrected chi connectivity index (χ1v) is 6.79. The van der Waals surface area contributed by atoms with E-state index in [1.54, 1.807) is 18.2 Å². The van der Waals surface area contributed by atoms with Crippen LogP contribution in [-0.2, 0) is 0 Å². The minimum absolute atomic E-state index is 0.00324. The number of carbonyl (C=O) groups excluding carboxylic acids is 1. The molecule has 18 heavy (non-hydrogen) atoms. The van der Waals surface area contributed by atoms with Crippen molar-refractivity contribution in [2.75, 3.05) is 26.7 Å². The second kappa shape index (κ2) is 5.51. The molecule has 1 aromatic carbocycles. The normalized spacial score (nSPS) is 21.1. The van der Waals surface area contributed by atoms with Crippen LogP contribution in [0.3, 0.4) is 0 Å². The highest BCUT2D eigenvalue weighted by Crippen LogP contribution is 2.23. The maximum absolute atomic E-state index is 12.5. The number of hydrogen-bond acceptors (Lipinski definition) is 3. The van der Waals surface area contributed by atoms with E-state index in [0.29, 0.717) is 10.6 Å². The number of amides is 1. The van der Waals surface area contributed by atoms with Crippen LogP contribution in [0, 0.1) is 0 Å². The minimum Gasteiger partial charge on any atom is -0.333 e. The van der Waals surface area contributed by atoms with Crippen molar-refractivity contribution in [2.24, 2.45) is 0 Å². The zero-order chi connectivity index (χ0) is 13.3. The van der Waals surface area contributed by atoms with E-state index in [-0.39, 0.29) is 11.9 Å². The molecule has 1 unspecified atom stereocenters. The van der Waals surface area contributed by atoms with Crippen molar-refractivity contribution in [1.29, 1.82) is 0 Å². The molecule has 1 aliphatic rings. The summed E-state index contributed by atoms with van der Waals surface area (Å²) in [6.07, 6.45) is 0. The first-order chi connectivity index (χ1) is 8.49. The fraction of sp³-hybridized carbons (Fsp3) is 0.462. The molecule has 0 N–H and O–H groups in total. The molecular formula is C13H17ClN2OS. The lowest BCUT2D eigenvalue weighted by molar-refractivity contribution is 0.0533. The third-order valence-corrected chi connectivity index (χ3v) is 3.88. The Balaban J connectivity index is 2.23. The van der Waals surface area contributed by atoms with Gasteiger partial charge >= 0.3 is 0 Å². The largest absolute Gasteiger partial charge is 0.333 e. The summed E-state index contributed by atoms with van der Waals surface area (Å²) in [5.41, 5.74) is 0.542. The molecule has 0 aliphatic carbocycles. The smallest absolute Gasteiger partial charge is 0.255 e. The number of nitrogens with zero attached hydrogens (tertiary/aromatic N) is 2. The molecule has 0 bridgehead atoms. The lowest BCUT2D eigenvalue weighted by Crippen LogP contribution is -2.52. The second-order valence-electron chi connectivity index (χ2n) is 4.77. The van der Waals surface area contributed by atoms with Gasteiger partial charge in [0.1, 0.15) is 0 Å². The Hall–Kier alpha value is -0.710. The van der Waals surface area contributed by atoms with Gasteiger partial charge < -0.3 is 9.80 Å². The number of halogens is 1. The molecule has 0 aromatic heterocycles. The fourth-order valence-corrected chi connectivity index (χ4v) is 2.68. The van der Waals surface area contributed by atoms with Gasteiger partial charge in [0.2, 0.25) is 0 Å². The molecule has 5 heteroatoms. The summed E-state index contributed by atoms with van der Waals surface area (Å²) in [7, 11) is 2.07. The Morgan fingerprint density at radius 2 is 2.17 bits per heavy atom. The highest BCUT2D eigenvalue weighted by atomic mass is 35.5. The van der Waals surface area contributed by atoms with Gasteiger partial charge in [0, 0.05) is 30.6 Å². The van der Waals surface area contributed by atoms with Crippen LogP contribution in [0.15, 0.2) is 23.1 Å². The highest BCUT2D eigenvalue weighted by Gasteiger charge is 2.27. The summed E-state index contributed by atoms with van der Waals surface area (Å²) in [6, 6.07) is 5.45. The summed E-state index contributed by atoms with van der Waals surface area (Å²) in [6.45, 7) is 4.59. The van der Waals surface area contributed by atoms with Crippen LogP contribution in [0.1, 0.15) is 17.3 Å². The summed E-state index contributed by atoms with van der Waals surface area (Å²) in [5.74, 6) is -0.00324. The predicted octanol–water partition coefficient (Wildman–Crippen LogP) is 2.40. The van der Waals surface area contributed by atoms with Crippen LogP contribution in [0.2, 0.25) is 5.02 Å². The van der Waals surface area contributed by atoms with Crippen LogP contribution in [0.4, 0.5) is 0 Å². The molecule has 1 aliphatic heterocycles. The van der Waals surface area contributed by atoms with Crippen molar-refractivity contribution in [2.45, 2.75) is 17.9 Å². The predicted molar refractivity (Wildman–Crippen MR) is 76.7 cm³/mol. The molecular weight excluding hydrogens is 268 g/mol. The first-order valence-electron chi connectivity index (χ1n) is 5.97. The van der Waals surface area contributed by atoms with E-state index in [1.807, 2.05) is 4.90 Å². The van der Waals surface area contributed by atoms with Gasteiger partial charge in [-0.2, -0.15) is 0 Å². The van der Waals surface area contributed by atoms with Crippen molar-refractivity contribution in [1.82, 2.24) is 9.80 Å². The van der Waals surface area contributed by atoms with Crippen LogP contribution >= 0.6 is 24.2 Å². The van der Waals surface area contributed by atoms with Gasteiger partial charge in [0.25, 0.3) is 5.91 Å². The SMILES string of the molecule is CC1CN(C)CCN1C(=O)c1cc(S)ccc1Cl. The molecule has 1 fully saturated rings. The third-order valence-electron chi connectivity index (χ3n) is 3.27. The third kappa shape index (κ3) is 2.82. The van der Waals surface area contributed by atoms with E-state index < -0.39 is 0 Å². The summed E-state index contributed by atoms with van der Waals surface area (Å²) < 4.78 is 0. The van der Waals surface area contributed by atoms with Crippen LogP contribution in [0.25, 0.3) is 0 Å². The van der Waals surface area contributed by atoms with Gasteiger partial charge in [0.05, 0.1) is 10.6 Å². The Labute approximate surface area is 118 Å². The van der Waals surface area contributed by atoms with Gasteiger partial charge in [-0.15, -0.1) is 12.6 Å². The van der Waals surface area contributed by atoms with E-state index in [1.165, 1.54) is 0 Å². The molecule has 2 rings (SSSR count). The second-order valence-corrected chi connectivity index (χ2v) is 5.70. The maximum atomic E-state index is 12.5. The molecule has 0 spiro atoms. The molecule has 0 radical (unpaired) electrons. The highest BCUT2D eigenvalue weighted by molar-refractivity contribution is 7.80. The number of carbonyl (C=O) groups is 1. The molecule has 3 nitrogen and oxygen atoms in total.